The number of halogens is 3. The van der Waals surface area contributed by atoms with Crippen LogP contribution in [-0.4, -0.2) is 24.0 Å². The van der Waals surface area contributed by atoms with Crippen molar-refractivity contribution in [1.29, 1.82) is 0 Å². The number of carbonyl (C=O) groups excluding carboxylic acids is 1. The number of ketones is 1. The van der Waals surface area contributed by atoms with E-state index in [0.717, 1.165) is 39.9 Å². The average molecular weight is 531 g/mol. The molecule has 0 amide bonds. The van der Waals surface area contributed by atoms with Crippen LogP contribution in [0.2, 0.25) is 10.0 Å². The first-order valence-electron chi connectivity index (χ1n) is 10.1. The van der Waals surface area contributed by atoms with Gasteiger partial charge in [0.05, 0.1) is 11.1 Å². The summed E-state index contributed by atoms with van der Waals surface area (Å²) >= 11 is 15.8. The van der Waals surface area contributed by atoms with Crippen LogP contribution in [0.3, 0.4) is 0 Å². The Morgan fingerprint density at radius 1 is 1.09 bits per heavy atom. The second kappa shape index (κ2) is 8.91. The Labute approximate surface area is 204 Å². The zero-order valence-electron chi connectivity index (χ0n) is 16.9. The average Bonchev–Trinajstić information content (AvgIpc) is 3.10. The number of nitrogens with zero attached hydrogens (tertiary/aromatic N) is 1. The Morgan fingerprint density at radius 2 is 1.94 bits per heavy atom. The molecule has 4 nitrogen and oxygen atoms in total. The molecule has 3 aromatic carbocycles. The summed E-state index contributed by atoms with van der Waals surface area (Å²) in [6.45, 7) is 1.84. The predicted molar refractivity (Wildman–Crippen MR) is 130 cm³/mol. The molecule has 0 saturated carbocycles. The first-order chi connectivity index (χ1) is 15.5. The van der Waals surface area contributed by atoms with Gasteiger partial charge in [-0.25, -0.2) is 0 Å². The van der Waals surface area contributed by atoms with E-state index in [9.17, 15) is 4.79 Å². The first kappa shape index (κ1) is 21.5. The maximum absolute atomic E-state index is 13.0. The van der Waals surface area contributed by atoms with Gasteiger partial charge >= 0.3 is 0 Å². The molecule has 0 saturated heterocycles. The quantitative estimate of drug-likeness (QED) is 0.349. The molecule has 0 fully saturated rings. The van der Waals surface area contributed by atoms with Crippen molar-refractivity contribution in [3.63, 3.8) is 0 Å². The van der Waals surface area contributed by atoms with E-state index in [1.165, 1.54) is 0 Å². The lowest BCUT2D eigenvalue weighted by Crippen LogP contribution is -2.33. The fourth-order valence-corrected chi connectivity index (χ4v) is 4.79. The van der Waals surface area contributed by atoms with E-state index in [4.69, 9.17) is 32.7 Å². The molecule has 162 valence electrons. The van der Waals surface area contributed by atoms with Gasteiger partial charge in [0, 0.05) is 27.6 Å². The third kappa shape index (κ3) is 4.18. The van der Waals surface area contributed by atoms with Gasteiger partial charge in [0.1, 0.15) is 18.2 Å². The molecular weight excluding hydrogens is 513 g/mol. The van der Waals surface area contributed by atoms with Gasteiger partial charge in [-0.1, -0.05) is 63.4 Å². The van der Waals surface area contributed by atoms with Crippen LogP contribution in [-0.2, 0) is 13.0 Å². The van der Waals surface area contributed by atoms with Gasteiger partial charge in [0.2, 0.25) is 5.78 Å². The van der Waals surface area contributed by atoms with Crippen LogP contribution >= 0.6 is 39.1 Å². The minimum absolute atomic E-state index is 0.122. The molecule has 2 aliphatic heterocycles. The highest BCUT2D eigenvalue weighted by atomic mass is 79.9. The highest BCUT2D eigenvalue weighted by Crippen LogP contribution is 2.42. The van der Waals surface area contributed by atoms with E-state index >= 15 is 0 Å². The maximum atomic E-state index is 13.0. The number of carbonyl (C=O) groups is 1. The summed E-state index contributed by atoms with van der Waals surface area (Å²) in [6, 6.07) is 16.9. The maximum Gasteiger partial charge on any atom is 0.231 e. The summed E-state index contributed by atoms with van der Waals surface area (Å²) in [6.07, 6.45) is 2.53. The zero-order chi connectivity index (χ0) is 22.2. The van der Waals surface area contributed by atoms with Crippen molar-refractivity contribution in [2.24, 2.45) is 0 Å². The predicted octanol–water partition coefficient (Wildman–Crippen LogP) is 6.77. The molecule has 2 aliphatic rings. The zero-order valence-corrected chi connectivity index (χ0v) is 20.0. The number of fused-ring (bicyclic) bond motifs is 3. The Kier molecular flexibility index (Phi) is 5.99. The highest BCUT2D eigenvalue weighted by molar-refractivity contribution is 9.10. The molecule has 0 N–H and O–H groups in total. The first-order valence-corrected chi connectivity index (χ1v) is 11.7. The number of ether oxygens (including phenoxy) is 2. The fraction of sp³-hybridized carbons (Fsp3) is 0.160. The van der Waals surface area contributed by atoms with Crippen LogP contribution < -0.4 is 9.47 Å². The topological polar surface area (TPSA) is 38.8 Å². The monoisotopic (exact) mass is 529 g/mol. The molecule has 5 rings (SSSR count). The summed E-state index contributed by atoms with van der Waals surface area (Å²) in [7, 11) is 0. The van der Waals surface area contributed by atoms with Crippen molar-refractivity contribution in [2.75, 3.05) is 13.3 Å². The molecule has 0 radical (unpaired) electrons. The Bertz CT molecular complexity index is 1260. The number of Topliss-reactive ketones (excluding diaryl/α,β-unsaturated/α-hetero) is 1. The lowest BCUT2D eigenvalue weighted by Gasteiger charge is -2.29. The van der Waals surface area contributed by atoms with Gasteiger partial charge in [0.25, 0.3) is 0 Å². The molecule has 0 bridgehead atoms. The van der Waals surface area contributed by atoms with Crippen molar-refractivity contribution >= 4 is 51.0 Å². The summed E-state index contributed by atoms with van der Waals surface area (Å²) in [5.74, 6) is 1.52. The van der Waals surface area contributed by atoms with E-state index < -0.39 is 0 Å². The Hall–Kier alpha value is -2.31. The molecule has 2 heterocycles. The lowest BCUT2D eigenvalue weighted by atomic mass is 10.0. The largest absolute Gasteiger partial charge is 0.478 e. The van der Waals surface area contributed by atoms with Gasteiger partial charge in [-0.05, 0) is 54.0 Å². The van der Waals surface area contributed by atoms with Crippen LogP contribution in [0.15, 0.2) is 64.8 Å². The summed E-state index contributed by atoms with van der Waals surface area (Å²) in [5.41, 5.74) is 3.37. The van der Waals surface area contributed by atoms with Crippen LogP contribution in [0.25, 0.3) is 6.08 Å². The lowest BCUT2D eigenvalue weighted by molar-refractivity contribution is 0.0950. The van der Waals surface area contributed by atoms with Gasteiger partial charge in [-0.2, -0.15) is 0 Å². The Morgan fingerprint density at radius 3 is 2.75 bits per heavy atom. The molecule has 32 heavy (non-hydrogen) atoms. The van der Waals surface area contributed by atoms with Crippen LogP contribution in [0, 0.1) is 0 Å². The van der Waals surface area contributed by atoms with E-state index in [-0.39, 0.29) is 5.78 Å². The Balaban J connectivity index is 1.37. The number of hydrogen-bond acceptors (Lipinski definition) is 4. The number of allylic oxidation sites excluding steroid dienone is 1. The van der Waals surface area contributed by atoms with E-state index in [2.05, 4.69) is 20.8 Å². The fourth-order valence-electron chi connectivity index (χ4n) is 3.88. The third-order valence-corrected chi connectivity index (χ3v) is 6.90. The molecule has 0 spiro atoms. The second-order valence-corrected chi connectivity index (χ2v) is 9.39. The molecular formula is C25H18BrCl2NO3. The molecule has 0 aliphatic carbocycles. The van der Waals surface area contributed by atoms with Crippen molar-refractivity contribution in [1.82, 2.24) is 4.90 Å². The normalized spacial score (nSPS) is 16.5. The molecule has 0 unspecified atom stereocenters. The molecule has 0 atom stereocenters. The molecule has 3 aromatic rings. The standard InChI is InChI=1S/C25H18BrCl2NO3/c26-20-4-2-1-3-16(20)11-23-24(30)18-7-8-22-19(25(18)32-23)13-29(14-31-22)10-9-15-5-6-17(27)12-21(15)28/h1-8,11-12H,9-10,13-14H2/b23-11-. The SMILES string of the molecule is O=C1/C(=C/c2ccccc2Br)Oc2c1ccc1c2CN(CCc2ccc(Cl)cc2Cl)CO1. The molecule has 7 heteroatoms. The van der Waals surface area contributed by atoms with Crippen molar-refractivity contribution < 1.29 is 14.3 Å². The minimum Gasteiger partial charge on any atom is -0.478 e. The van der Waals surface area contributed by atoms with Gasteiger partial charge in [-0.3, -0.25) is 9.69 Å². The van der Waals surface area contributed by atoms with Gasteiger partial charge in [0.15, 0.2) is 5.76 Å². The molecule has 0 aromatic heterocycles. The highest BCUT2D eigenvalue weighted by Gasteiger charge is 2.33. The van der Waals surface area contributed by atoms with Gasteiger partial charge in [-0.15, -0.1) is 0 Å². The van der Waals surface area contributed by atoms with Crippen molar-refractivity contribution in [3.05, 3.63) is 97.1 Å². The van der Waals surface area contributed by atoms with Crippen LogP contribution in [0.5, 0.6) is 11.5 Å². The summed E-state index contributed by atoms with van der Waals surface area (Å²) in [4.78, 5) is 15.1. The van der Waals surface area contributed by atoms with E-state index in [1.54, 1.807) is 18.2 Å². The minimum atomic E-state index is -0.122. The summed E-state index contributed by atoms with van der Waals surface area (Å²) < 4.78 is 12.9. The van der Waals surface area contributed by atoms with Crippen molar-refractivity contribution in [3.8, 4) is 11.5 Å². The number of hydrogen-bond donors (Lipinski definition) is 0. The smallest absolute Gasteiger partial charge is 0.231 e. The van der Waals surface area contributed by atoms with Crippen LogP contribution in [0.4, 0.5) is 0 Å². The number of rotatable bonds is 4. The third-order valence-electron chi connectivity index (χ3n) is 5.59. The number of benzene rings is 3. The van der Waals surface area contributed by atoms with E-state index in [1.807, 2.05) is 42.5 Å². The van der Waals surface area contributed by atoms with Gasteiger partial charge < -0.3 is 9.47 Å². The van der Waals surface area contributed by atoms with E-state index in [0.29, 0.717) is 40.4 Å². The van der Waals surface area contributed by atoms with Crippen molar-refractivity contribution in [2.45, 2.75) is 13.0 Å². The van der Waals surface area contributed by atoms with Crippen LogP contribution in [0.1, 0.15) is 27.0 Å². The second-order valence-electron chi connectivity index (χ2n) is 7.69. The summed E-state index contributed by atoms with van der Waals surface area (Å²) in [5, 5.41) is 1.28.